The number of rotatable bonds is 2. The van der Waals surface area contributed by atoms with E-state index < -0.39 is 15.6 Å². The number of aliphatic hydroxyl groups is 1. The summed E-state index contributed by atoms with van der Waals surface area (Å²) in [6, 6.07) is 3.78. The molecule has 1 fully saturated rings. The molecule has 1 unspecified atom stereocenters. The molecule has 1 atom stereocenters. The Morgan fingerprint density at radius 1 is 1.20 bits per heavy atom. The average molecular weight is 297 g/mol. The molecule has 1 saturated heterocycles. The lowest BCUT2D eigenvalue weighted by atomic mass is 9.97. The molecule has 1 aromatic rings. The fourth-order valence-electron chi connectivity index (χ4n) is 3.08. The van der Waals surface area contributed by atoms with Crippen molar-refractivity contribution >= 4 is 10.0 Å². The van der Waals surface area contributed by atoms with E-state index in [-0.39, 0.29) is 6.54 Å². The van der Waals surface area contributed by atoms with Crippen LogP contribution < -0.4 is 0 Å². The van der Waals surface area contributed by atoms with Gasteiger partial charge in [-0.15, -0.1) is 0 Å². The van der Waals surface area contributed by atoms with Gasteiger partial charge in [-0.1, -0.05) is 17.7 Å². The lowest BCUT2D eigenvalue weighted by Crippen LogP contribution is -2.48. The molecular weight excluding hydrogens is 274 g/mol. The molecule has 1 heterocycles. The summed E-state index contributed by atoms with van der Waals surface area (Å²) in [6.45, 7) is 7.96. The van der Waals surface area contributed by atoms with E-state index in [1.807, 2.05) is 32.9 Å². The van der Waals surface area contributed by atoms with E-state index in [1.54, 1.807) is 6.92 Å². The molecule has 2 rings (SSSR count). The van der Waals surface area contributed by atoms with Gasteiger partial charge in [-0.05, 0) is 51.7 Å². The number of benzene rings is 1. The molecule has 112 valence electrons. The highest BCUT2D eigenvalue weighted by Gasteiger charge is 2.36. The highest BCUT2D eigenvalue weighted by molar-refractivity contribution is 7.89. The van der Waals surface area contributed by atoms with Gasteiger partial charge in [0.1, 0.15) is 0 Å². The first-order valence-corrected chi connectivity index (χ1v) is 8.38. The van der Waals surface area contributed by atoms with Gasteiger partial charge in [-0.25, -0.2) is 8.42 Å². The second kappa shape index (κ2) is 5.13. The Balaban J connectivity index is 2.46. The molecule has 0 amide bonds. The van der Waals surface area contributed by atoms with Gasteiger partial charge in [0, 0.05) is 13.1 Å². The van der Waals surface area contributed by atoms with Crippen molar-refractivity contribution in [1.82, 2.24) is 4.31 Å². The third-order valence-electron chi connectivity index (χ3n) is 3.84. The topological polar surface area (TPSA) is 57.6 Å². The molecule has 1 N–H and O–H groups in total. The van der Waals surface area contributed by atoms with Gasteiger partial charge in [0.2, 0.25) is 10.0 Å². The summed E-state index contributed by atoms with van der Waals surface area (Å²) in [5, 5.41) is 10.1. The van der Waals surface area contributed by atoms with Gasteiger partial charge in [0.15, 0.2) is 0 Å². The predicted octanol–water partition coefficient (Wildman–Crippen LogP) is 2.15. The van der Waals surface area contributed by atoms with Crippen LogP contribution >= 0.6 is 0 Å². The number of β-amino-alcohol motifs (C(OH)–C–C–N with tert-alkyl or cyclic N) is 1. The Kier molecular flexibility index (Phi) is 3.97. The van der Waals surface area contributed by atoms with Crippen LogP contribution in [0, 0.1) is 20.8 Å². The van der Waals surface area contributed by atoms with Crippen LogP contribution in [0.5, 0.6) is 0 Å². The van der Waals surface area contributed by atoms with Crippen molar-refractivity contribution in [2.24, 2.45) is 0 Å². The normalized spacial score (nSPS) is 24.9. The minimum Gasteiger partial charge on any atom is -0.389 e. The molecule has 1 aliphatic heterocycles. The van der Waals surface area contributed by atoms with Crippen LogP contribution in [0.2, 0.25) is 0 Å². The summed E-state index contributed by atoms with van der Waals surface area (Å²) in [7, 11) is -3.54. The second-order valence-corrected chi connectivity index (χ2v) is 8.04. The van der Waals surface area contributed by atoms with Crippen molar-refractivity contribution in [3.05, 3.63) is 28.8 Å². The first-order chi connectivity index (χ1) is 9.13. The lowest BCUT2D eigenvalue weighted by Gasteiger charge is -2.36. The number of hydrogen-bond acceptors (Lipinski definition) is 3. The maximum atomic E-state index is 12.8. The molecule has 0 aromatic heterocycles. The third kappa shape index (κ3) is 2.90. The predicted molar refractivity (Wildman–Crippen MR) is 79.3 cm³/mol. The summed E-state index contributed by atoms with van der Waals surface area (Å²) in [5.74, 6) is 0. The number of hydrogen-bond donors (Lipinski definition) is 1. The molecule has 5 heteroatoms. The van der Waals surface area contributed by atoms with Crippen molar-refractivity contribution in [2.75, 3.05) is 13.1 Å². The molecule has 0 bridgehead atoms. The number of piperidine rings is 1. The lowest BCUT2D eigenvalue weighted by molar-refractivity contribution is 0.00938. The standard InChI is InChI=1S/C15H23NO3S/c1-11-8-12(2)14(13(3)9-11)20(18,19)16-7-5-6-15(4,17)10-16/h8-9,17H,5-7,10H2,1-4H3. The number of sulfonamides is 1. The Morgan fingerprint density at radius 2 is 1.75 bits per heavy atom. The summed E-state index contributed by atoms with van der Waals surface area (Å²) in [6.07, 6.45) is 1.33. The third-order valence-corrected chi connectivity index (χ3v) is 5.99. The van der Waals surface area contributed by atoms with Gasteiger partial charge in [0.25, 0.3) is 0 Å². The highest BCUT2D eigenvalue weighted by atomic mass is 32.2. The van der Waals surface area contributed by atoms with Crippen LogP contribution in [-0.4, -0.2) is 36.5 Å². The molecule has 4 nitrogen and oxygen atoms in total. The zero-order chi connectivity index (χ0) is 15.1. The molecule has 0 aliphatic carbocycles. The highest BCUT2D eigenvalue weighted by Crippen LogP contribution is 2.29. The van der Waals surface area contributed by atoms with E-state index in [1.165, 1.54) is 4.31 Å². The Morgan fingerprint density at radius 3 is 2.25 bits per heavy atom. The average Bonchev–Trinajstić information content (AvgIpc) is 2.25. The van der Waals surface area contributed by atoms with E-state index in [2.05, 4.69) is 0 Å². The van der Waals surface area contributed by atoms with Gasteiger partial charge in [-0.3, -0.25) is 0 Å². The molecule has 1 aromatic carbocycles. The van der Waals surface area contributed by atoms with Crippen LogP contribution in [-0.2, 0) is 10.0 Å². The Hall–Kier alpha value is -0.910. The zero-order valence-electron chi connectivity index (χ0n) is 12.6. The van der Waals surface area contributed by atoms with Crippen LogP contribution in [0.15, 0.2) is 17.0 Å². The van der Waals surface area contributed by atoms with Gasteiger partial charge < -0.3 is 5.11 Å². The summed E-state index contributed by atoms with van der Waals surface area (Å²) < 4.78 is 27.1. The minimum atomic E-state index is -3.54. The van der Waals surface area contributed by atoms with Gasteiger partial charge >= 0.3 is 0 Å². The largest absolute Gasteiger partial charge is 0.389 e. The van der Waals surface area contributed by atoms with E-state index in [0.29, 0.717) is 24.3 Å². The molecule has 0 saturated carbocycles. The van der Waals surface area contributed by atoms with E-state index in [9.17, 15) is 13.5 Å². The molecule has 1 aliphatic rings. The van der Waals surface area contributed by atoms with Crippen molar-refractivity contribution in [1.29, 1.82) is 0 Å². The van der Waals surface area contributed by atoms with Crippen molar-refractivity contribution in [3.8, 4) is 0 Å². The van der Waals surface area contributed by atoms with E-state index in [0.717, 1.165) is 16.7 Å². The fraction of sp³-hybridized carbons (Fsp3) is 0.600. The Labute approximate surface area is 121 Å². The fourth-order valence-corrected chi connectivity index (χ4v) is 5.09. The molecule has 0 spiro atoms. The molecule has 0 radical (unpaired) electrons. The van der Waals surface area contributed by atoms with Gasteiger partial charge in [0.05, 0.1) is 10.5 Å². The van der Waals surface area contributed by atoms with Crippen molar-refractivity contribution in [2.45, 2.75) is 51.0 Å². The maximum absolute atomic E-state index is 12.8. The SMILES string of the molecule is Cc1cc(C)c(S(=O)(=O)N2CCCC(C)(O)C2)c(C)c1. The molecule has 20 heavy (non-hydrogen) atoms. The van der Waals surface area contributed by atoms with E-state index in [4.69, 9.17) is 0 Å². The zero-order valence-corrected chi connectivity index (χ0v) is 13.4. The maximum Gasteiger partial charge on any atom is 0.243 e. The van der Waals surface area contributed by atoms with Crippen LogP contribution in [0.4, 0.5) is 0 Å². The van der Waals surface area contributed by atoms with Crippen LogP contribution in [0.25, 0.3) is 0 Å². The smallest absolute Gasteiger partial charge is 0.243 e. The van der Waals surface area contributed by atoms with Crippen molar-refractivity contribution < 1.29 is 13.5 Å². The van der Waals surface area contributed by atoms with Crippen LogP contribution in [0.1, 0.15) is 36.5 Å². The first-order valence-electron chi connectivity index (χ1n) is 6.94. The monoisotopic (exact) mass is 297 g/mol. The minimum absolute atomic E-state index is 0.169. The summed E-state index contributed by atoms with van der Waals surface area (Å²) >= 11 is 0. The van der Waals surface area contributed by atoms with Gasteiger partial charge in [-0.2, -0.15) is 4.31 Å². The van der Waals surface area contributed by atoms with Crippen molar-refractivity contribution in [3.63, 3.8) is 0 Å². The number of aryl methyl sites for hydroxylation is 3. The van der Waals surface area contributed by atoms with Crippen LogP contribution in [0.3, 0.4) is 0 Å². The number of nitrogens with zero attached hydrogens (tertiary/aromatic N) is 1. The first kappa shape index (κ1) is 15.5. The summed E-state index contributed by atoms with van der Waals surface area (Å²) in [5.41, 5.74) is 1.67. The summed E-state index contributed by atoms with van der Waals surface area (Å²) in [4.78, 5) is 0.390. The quantitative estimate of drug-likeness (QED) is 0.910. The molecular formula is C15H23NO3S. The second-order valence-electron chi connectivity index (χ2n) is 6.17. The Bertz CT molecular complexity index is 597. The van der Waals surface area contributed by atoms with E-state index >= 15 is 0 Å².